The molecule has 4 rings (SSSR count). The van der Waals surface area contributed by atoms with Gasteiger partial charge in [-0.15, -0.1) is 11.3 Å². The van der Waals surface area contributed by atoms with E-state index in [9.17, 15) is 14.3 Å². The molecule has 1 aliphatic rings. The van der Waals surface area contributed by atoms with E-state index in [0.29, 0.717) is 24.2 Å². The van der Waals surface area contributed by atoms with Crippen molar-refractivity contribution >= 4 is 17.2 Å². The van der Waals surface area contributed by atoms with E-state index >= 15 is 0 Å². The smallest absolute Gasteiger partial charge is 0.257 e. The monoisotopic (exact) mass is 396 g/mol. The van der Waals surface area contributed by atoms with Crippen molar-refractivity contribution in [1.29, 1.82) is 0 Å². The number of halogens is 1. The van der Waals surface area contributed by atoms with Gasteiger partial charge in [-0.05, 0) is 30.3 Å². The minimum Gasteiger partial charge on any atom is -0.507 e. The molecule has 1 amide bonds. The zero-order valence-corrected chi connectivity index (χ0v) is 16.2. The summed E-state index contributed by atoms with van der Waals surface area (Å²) in [5.74, 6) is -0.308. The van der Waals surface area contributed by atoms with Crippen LogP contribution in [0.1, 0.15) is 15.2 Å². The van der Waals surface area contributed by atoms with Gasteiger partial charge in [0.15, 0.2) is 0 Å². The molecule has 0 bridgehead atoms. The van der Waals surface area contributed by atoms with Gasteiger partial charge in [-0.2, -0.15) is 0 Å². The van der Waals surface area contributed by atoms with Crippen LogP contribution < -0.4 is 0 Å². The molecule has 28 heavy (non-hydrogen) atoms. The molecule has 0 atom stereocenters. The maximum atomic E-state index is 14.0. The van der Waals surface area contributed by atoms with Gasteiger partial charge in [0, 0.05) is 48.0 Å². The number of thiophene rings is 1. The van der Waals surface area contributed by atoms with Gasteiger partial charge < -0.3 is 10.0 Å². The fraction of sp³-hybridized carbons (Fsp3) is 0.227. The number of phenols is 1. The number of nitrogens with zero attached hydrogens (tertiary/aromatic N) is 2. The van der Waals surface area contributed by atoms with Crippen molar-refractivity contribution in [2.24, 2.45) is 0 Å². The van der Waals surface area contributed by atoms with Crippen LogP contribution in [0.3, 0.4) is 0 Å². The lowest BCUT2D eigenvalue weighted by Crippen LogP contribution is -2.48. The Bertz CT molecular complexity index is 980. The zero-order chi connectivity index (χ0) is 19.5. The highest BCUT2D eigenvalue weighted by atomic mass is 32.1. The van der Waals surface area contributed by atoms with Crippen LogP contribution in [0.15, 0.2) is 60.7 Å². The van der Waals surface area contributed by atoms with Crippen LogP contribution in [-0.2, 0) is 6.54 Å². The minimum atomic E-state index is -0.202. The molecule has 0 unspecified atom stereocenters. The van der Waals surface area contributed by atoms with E-state index in [2.05, 4.69) is 4.90 Å². The van der Waals surface area contributed by atoms with E-state index in [1.165, 1.54) is 17.0 Å². The molecule has 144 valence electrons. The van der Waals surface area contributed by atoms with E-state index in [1.54, 1.807) is 46.6 Å². The van der Waals surface area contributed by atoms with Gasteiger partial charge in [0.2, 0.25) is 0 Å². The third-order valence-corrected chi connectivity index (χ3v) is 6.08. The number of para-hydroxylation sites is 1. The van der Waals surface area contributed by atoms with Crippen molar-refractivity contribution in [2.45, 2.75) is 6.54 Å². The maximum absolute atomic E-state index is 14.0. The minimum absolute atomic E-state index is 0.0224. The Morgan fingerprint density at radius 3 is 2.43 bits per heavy atom. The van der Waals surface area contributed by atoms with Gasteiger partial charge in [0.25, 0.3) is 5.91 Å². The number of hydrogen-bond donors (Lipinski definition) is 1. The number of amides is 1. The third kappa shape index (κ3) is 3.93. The summed E-state index contributed by atoms with van der Waals surface area (Å²) < 4.78 is 14.0. The van der Waals surface area contributed by atoms with Crippen LogP contribution in [0.5, 0.6) is 5.75 Å². The number of piperazine rings is 1. The van der Waals surface area contributed by atoms with Crippen LogP contribution in [-0.4, -0.2) is 47.0 Å². The number of aromatic hydroxyl groups is 1. The maximum Gasteiger partial charge on any atom is 0.257 e. The number of carbonyl (C=O) groups excluding carboxylic acids is 1. The van der Waals surface area contributed by atoms with Crippen LogP contribution in [0.2, 0.25) is 0 Å². The van der Waals surface area contributed by atoms with Crippen molar-refractivity contribution in [3.05, 3.63) is 76.9 Å². The summed E-state index contributed by atoms with van der Waals surface area (Å²) in [6, 6.07) is 17.5. The normalized spacial score (nSPS) is 15.0. The Morgan fingerprint density at radius 2 is 1.68 bits per heavy atom. The molecule has 6 heteroatoms. The van der Waals surface area contributed by atoms with E-state index in [4.69, 9.17) is 0 Å². The molecule has 0 spiro atoms. The lowest BCUT2D eigenvalue weighted by Gasteiger charge is -2.34. The Morgan fingerprint density at radius 1 is 0.964 bits per heavy atom. The summed E-state index contributed by atoms with van der Waals surface area (Å²) in [4.78, 5) is 18.8. The number of phenolic OH excluding ortho intramolecular Hbond substituents is 1. The van der Waals surface area contributed by atoms with Gasteiger partial charge >= 0.3 is 0 Å². The largest absolute Gasteiger partial charge is 0.507 e. The highest BCUT2D eigenvalue weighted by Gasteiger charge is 2.24. The van der Waals surface area contributed by atoms with Crippen molar-refractivity contribution in [2.75, 3.05) is 26.2 Å². The first kappa shape index (κ1) is 18.7. The lowest BCUT2D eigenvalue weighted by atomic mass is 10.1. The number of benzene rings is 2. The molecular formula is C22H21FN2O2S. The number of rotatable bonds is 4. The van der Waals surface area contributed by atoms with Gasteiger partial charge in [0.1, 0.15) is 11.6 Å². The molecule has 3 aromatic rings. The summed E-state index contributed by atoms with van der Waals surface area (Å²) in [5.41, 5.74) is 0.987. The van der Waals surface area contributed by atoms with Crippen molar-refractivity contribution in [1.82, 2.24) is 9.80 Å². The van der Waals surface area contributed by atoms with Crippen molar-refractivity contribution in [3.63, 3.8) is 0 Å². The standard InChI is InChI=1S/C22H21FN2O2S/c23-19-7-3-1-5-17(19)21-10-9-16(28-21)15-24-11-13-25(14-12-24)22(27)18-6-2-4-8-20(18)26/h1-10,26H,11-15H2. The molecule has 2 aromatic carbocycles. The summed E-state index contributed by atoms with van der Waals surface area (Å²) in [7, 11) is 0. The molecule has 4 nitrogen and oxygen atoms in total. The fourth-order valence-corrected chi connectivity index (χ4v) is 4.50. The molecule has 0 aliphatic carbocycles. The molecule has 1 saturated heterocycles. The average Bonchev–Trinajstić information content (AvgIpc) is 3.17. The van der Waals surface area contributed by atoms with E-state index in [0.717, 1.165) is 24.5 Å². The number of carbonyl (C=O) groups is 1. The van der Waals surface area contributed by atoms with Crippen LogP contribution in [0.4, 0.5) is 4.39 Å². The van der Waals surface area contributed by atoms with Crippen molar-refractivity contribution < 1.29 is 14.3 Å². The second kappa shape index (κ2) is 8.12. The Balaban J connectivity index is 1.36. The fourth-order valence-electron chi connectivity index (χ4n) is 3.42. The first-order valence-electron chi connectivity index (χ1n) is 9.25. The zero-order valence-electron chi connectivity index (χ0n) is 15.3. The molecule has 1 N–H and O–H groups in total. The third-order valence-electron chi connectivity index (χ3n) is 4.97. The number of hydrogen-bond acceptors (Lipinski definition) is 4. The van der Waals surface area contributed by atoms with Crippen LogP contribution in [0.25, 0.3) is 10.4 Å². The molecule has 0 saturated carbocycles. The van der Waals surface area contributed by atoms with E-state index < -0.39 is 0 Å². The quantitative estimate of drug-likeness (QED) is 0.718. The Hall–Kier alpha value is -2.70. The van der Waals surface area contributed by atoms with E-state index in [1.807, 2.05) is 18.2 Å². The topological polar surface area (TPSA) is 43.8 Å². The van der Waals surface area contributed by atoms with Gasteiger partial charge in [-0.25, -0.2) is 4.39 Å². The van der Waals surface area contributed by atoms with Crippen LogP contribution >= 0.6 is 11.3 Å². The summed E-state index contributed by atoms with van der Waals surface area (Å²) >= 11 is 1.60. The van der Waals surface area contributed by atoms with E-state index in [-0.39, 0.29) is 17.5 Å². The molecule has 1 fully saturated rings. The van der Waals surface area contributed by atoms with Gasteiger partial charge in [-0.1, -0.05) is 30.3 Å². The van der Waals surface area contributed by atoms with Gasteiger partial charge in [0.05, 0.1) is 5.56 Å². The second-order valence-electron chi connectivity index (χ2n) is 6.83. The first-order valence-corrected chi connectivity index (χ1v) is 10.1. The molecular weight excluding hydrogens is 375 g/mol. The summed E-state index contributed by atoms with van der Waals surface area (Å²) in [5, 5.41) is 9.89. The SMILES string of the molecule is O=C(c1ccccc1O)N1CCN(Cc2ccc(-c3ccccc3F)s2)CC1. The Kier molecular flexibility index (Phi) is 5.41. The predicted molar refractivity (Wildman–Crippen MR) is 109 cm³/mol. The average molecular weight is 396 g/mol. The predicted octanol–water partition coefficient (Wildman–Crippen LogP) is 4.22. The Labute approximate surface area is 167 Å². The first-order chi connectivity index (χ1) is 13.6. The highest BCUT2D eigenvalue weighted by molar-refractivity contribution is 7.15. The molecule has 0 radical (unpaired) electrons. The molecule has 1 aliphatic heterocycles. The van der Waals surface area contributed by atoms with Gasteiger partial charge in [-0.3, -0.25) is 9.69 Å². The highest BCUT2D eigenvalue weighted by Crippen LogP contribution is 2.30. The lowest BCUT2D eigenvalue weighted by molar-refractivity contribution is 0.0627. The summed E-state index contributed by atoms with van der Waals surface area (Å²) in [6.07, 6.45) is 0. The second-order valence-corrected chi connectivity index (χ2v) is 8.00. The van der Waals surface area contributed by atoms with Crippen LogP contribution in [0, 0.1) is 5.82 Å². The van der Waals surface area contributed by atoms with Crippen molar-refractivity contribution in [3.8, 4) is 16.2 Å². The molecule has 2 heterocycles. The summed E-state index contributed by atoms with van der Waals surface area (Å²) in [6.45, 7) is 3.58. The molecule has 1 aromatic heterocycles.